The number of fused-ring (bicyclic) bond motifs is 4. The number of aromatic nitrogens is 16. The van der Waals surface area contributed by atoms with Crippen molar-refractivity contribution in [3.63, 3.8) is 0 Å². The monoisotopic (exact) mass is 1350 g/mol. The van der Waals surface area contributed by atoms with Crippen LogP contribution in [0.15, 0.2) is 50.6 Å². The number of ether oxygens (including phenoxy) is 5. The van der Waals surface area contributed by atoms with Gasteiger partial charge in [0.05, 0.1) is 51.7 Å². The number of nitrogens with two attached hydrogens (primary N) is 4. The van der Waals surface area contributed by atoms with Crippen molar-refractivity contribution in [3.8, 4) is 0 Å². The summed E-state index contributed by atoms with van der Waals surface area (Å²) in [6, 6.07) is 0. The summed E-state index contributed by atoms with van der Waals surface area (Å²) in [6.45, 7) is -3.81. The maximum atomic E-state index is 14.1. The van der Waals surface area contributed by atoms with E-state index < -0.39 is 162 Å². The number of aliphatic hydroxyl groups excluding tert-OH is 5. The van der Waals surface area contributed by atoms with Crippen molar-refractivity contribution in [2.45, 2.75) is 98.2 Å². The second-order valence-corrected chi connectivity index (χ2v) is 26.0. The molecule has 8 aromatic heterocycles. The van der Waals surface area contributed by atoms with E-state index in [0.717, 1.165) is 58.0 Å². The number of aliphatic hydroxyl groups is 5. The lowest BCUT2D eigenvalue weighted by atomic mass is 10.1. The molecule has 0 amide bonds. The van der Waals surface area contributed by atoms with Crippen LogP contribution in [0.1, 0.15) is 24.9 Å². The predicted molar refractivity (Wildman–Crippen MR) is 289 cm³/mol. The highest BCUT2D eigenvalue weighted by molar-refractivity contribution is 7.52. The number of anilines is 4. The molecular formula is C41H52N20O25P4. The lowest BCUT2D eigenvalue weighted by Crippen LogP contribution is -2.37. The van der Waals surface area contributed by atoms with Crippen LogP contribution in [-0.4, -0.2) is 234 Å². The fourth-order valence-electron chi connectivity index (χ4n) is 10.3. The van der Waals surface area contributed by atoms with E-state index in [2.05, 4.69) is 64.3 Å². The third kappa shape index (κ3) is 12.5. The highest BCUT2D eigenvalue weighted by Crippen LogP contribution is 2.54. The van der Waals surface area contributed by atoms with Gasteiger partial charge in [0.1, 0.15) is 127 Å². The summed E-state index contributed by atoms with van der Waals surface area (Å²) < 4.78 is 119. The van der Waals surface area contributed by atoms with Gasteiger partial charge in [0, 0.05) is 0 Å². The smallest absolute Gasteiger partial charge is 0.387 e. The van der Waals surface area contributed by atoms with Gasteiger partial charge in [-0.05, 0) is 0 Å². The molecule has 45 nitrogen and oxygen atoms in total. The standard InChI is InChI=1S/C41H52N20O25P4/c42-30-18-34(50-5-46-30)58(9-54-18)38-26(66)22(62)14(80-38)1-76-13-87(67,68)84-27-23(63)16(82-39(27)59-10-55-19-31(43)47-6-51-35(19)59)3-78-89(72,73)86-29-25(65)17(83-41(29)61-12-57-21-33(45)49-8-53-37(21)61)4-79-90(74,75)85-28-24(64)15(2-77-88(69,70)71)81-40(28)60-11-56-20-32(44)48-7-52-36(20)60/h5-12,14-17,22-29,38-41,62-66H,1-4,13H2,(H,67,68)(H,72,73)(H,74,75)(H2,42,46,50)(H2,43,47,51)(H2,44,48,52)(H2,45,49,53)(H2,69,70,71)/t14-,15-,16-,17-,22-,23-,24-,25-,26-,27-,28-,29-,38-,39-,40-,41-/m1/s1. The summed E-state index contributed by atoms with van der Waals surface area (Å²) in [6.07, 6.45) is -20.6. The van der Waals surface area contributed by atoms with Crippen LogP contribution in [0.3, 0.4) is 0 Å². The van der Waals surface area contributed by atoms with E-state index in [9.17, 15) is 68.3 Å². The number of hydrogen-bond donors (Lipinski definition) is 14. The minimum atomic E-state index is -5.61. The Morgan fingerprint density at radius 2 is 0.711 bits per heavy atom. The number of nitrogens with zero attached hydrogens (tertiary/aromatic N) is 16. The highest BCUT2D eigenvalue weighted by Gasteiger charge is 2.55. The fraction of sp³-hybridized carbons (Fsp3) is 0.512. The molecule has 0 spiro atoms. The molecule has 0 aromatic carbocycles. The molecule has 90 heavy (non-hydrogen) atoms. The topological polar surface area (TPSA) is 651 Å². The predicted octanol–water partition coefficient (Wildman–Crippen LogP) is -4.27. The average Bonchev–Trinajstić information content (AvgIpc) is 1.64. The van der Waals surface area contributed by atoms with Gasteiger partial charge in [-0.25, -0.2) is 73.5 Å². The average molecular weight is 1350 g/mol. The molecule has 0 saturated carbocycles. The molecule has 4 fully saturated rings. The van der Waals surface area contributed by atoms with Crippen LogP contribution < -0.4 is 22.9 Å². The minimum absolute atomic E-state index is 0.0116. The summed E-state index contributed by atoms with van der Waals surface area (Å²) >= 11 is 0. The zero-order valence-electron chi connectivity index (χ0n) is 45.2. The van der Waals surface area contributed by atoms with Crippen molar-refractivity contribution in [2.75, 3.05) is 55.7 Å². The Kier molecular flexibility index (Phi) is 17.3. The molecule has 0 aliphatic carbocycles. The first kappa shape index (κ1) is 63.6. The molecule has 19 atom stereocenters. The van der Waals surface area contributed by atoms with Gasteiger partial charge in [-0.15, -0.1) is 0 Å². The van der Waals surface area contributed by atoms with E-state index in [1.807, 2.05) is 0 Å². The van der Waals surface area contributed by atoms with Crippen molar-refractivity contribution >= 4 is 99.0 Å². The first-order valence-corrected chi connectivity index (χ1v) is 32.3. The Balaban J connectivity index is 0.740. The summed E-state index contributed by atoms with van der Waals surface area (Å²) in [5.74, 6) is -0.331. The van der Waals surface area contributed by atoms with Gasteiger partial charge in [0.15, 0.2) is 70.8 Å². The molecule has 4 aliphatic heterocycles. The Hall–Kier alpha value is -6.52. The third-order valence-corrected chi connectivity index (χ3v) is 18.0. The molecular weight excluding hydrogens is 1300 g/mol. The lowest BCUT2D eigenvalue weighted by molar-refractivity contribution is -0.0651. The van der Waals surface area contributed by atoms with Crippen LogP contribution in [0.25, 0.3) is 44.7 Å². The minimum Gasteiger partial charge on any atom is -0.387 e. The van der Waals surface area contributed by atoms with E-state index in [1.165, 1.54) is 10.9 Å². The van der Waals surface area contributed by atoms with Crippen LogP contribution in [0.2, 0.25) is 0 Å². The maximum absolute atomic E-state index is 14.1. The van der Waals surface area contributed by atoms with Crippen LogP contribution in [0.5, 0.6) is 0 Å². The quantitative estimate of drug-likeness (QED) is 0.0270. The summed E-state index contributed by atoms with van der Waals surface area (Å²) in [7, 11) is -21.4. The van der Waals surface area contributed by atoms with Gasteiger partial charge in [0.25, 0.3) is 0 Å². The summed E-state index contributed by atoms with van der Waals surface area (Å²) in [4.78, 5) is 101. The van der Waals surface area contributed by atoms with Gasteiger partial charge in [-0.2, -0.15) is 0 Å². The number of nitrogen functional groups attached to an aromatic ring is 4. The Morgan fingerprint density at radius 1 is 0.400 bits per heavy atom. The third-order valence-electron chi connectivity index (χ3n) is 14.5. The van der Waals surface area contributed by atoms with Crippen molar-refractivity contribution < 1.29 is 119 Å². The first-order valence-electron chi connectivity index (χ1n) is 26.0. The van der Waals surface area contributed by atoms with Crippen molar-refractivity contribution in [1.82, 2.24) is 78.1 Å². The van der Waals surface area contributed by atoms with Crippen molar-refractivity contribution in [2.24, 2.45) is 0 Å². The van der Waals surface area contributed by atoms with Crippen LogP contribution in [0.4, 0.5) is 23.3 Å². The normalized spacial score (nSPS) is 31.1. The Morgan fingerprint density at radius 3 is 1.07 bits per heavy atom. The van der Waals surface area contributed by atoms with Gasteiger partial charge in [-0.3, -0.25) is 50.0 Å². The Labute approximate surface area is 499 Å². The molecule has 12 rings (SSSR count). The number of phosphoric ester groups is 3. The van der Waals surface area contributed by atoms with Gasteiger partial charge >= 0.3 is 31.1 Å². The molecule has 12 heterocycles. The Bertz CT molecular complexity index is 4170. The second kappa shape index (κ2) is 24.5. The van der Waals surface area contributed by atoms with Gasteiger partial charge < -0.3 is 96.6 Å². The van der Waals surface area contributed by atoms with Gasteiger partial charge in [0.2, 0.25) is 0 Å². The van der Waals surface area contributed by atoms with E-state index in [1.54, 1.807) is 0 Å². The number of hydrogen-bond acceptors (Lipinski definition) is 36. The first-order chi connectivity index (χ1) is 42.7. The summed E-state index contributed by atoms with van der Waals surface area (Å²) in [5.41, 5.74) is 24.0. The van der Waals surface area contributed by atoms with Crippen LogP contribution >= 0.6 is 31.1 Å². The number of rotatable bonds is 23. The molecule has 18 N–H and O–H groups in total. The van der Waals surface area contributed by atoms with Gasteiger partial charge in [-0.1, -0.05) is 0 Å². The van der Waals surface area contributed by atoms with E-state index in [4.69, 9.17) is 69.2 Å². The SMILES string of the molecule is Nc1ncnc2c1ncn2[C@@H]1O[C@H](COCP(=O)(O)O[C@@H]2[C@H](O)[C@@H](COP(=O)(O)O[C@@H]3[C@H](O)[C@@H](COP(=O)(O)O[C@@H]4[C@H](O)[C@@H](COP(=O)(O)O)O[C@H]4n4cnc5c(N)ncnc54)O[C@H]3n3cnc4c(N)ncnc43)O[C@H]2n2cnc3c(N)ncnc32)[C@@H](O)[C@H]1O. The highest BCUT2D eigenvalue weighted by atomic mass is 31.2. The lowest BCUT2D eigenvalue weighted by Gasteiger charge is -2.25. The molecule has 4 aliphatic rings. The van der Waals surface area contributed by atoms with Crippen molar-refractivity contribution in [3.05, 3.63) is 50.6 Å². The second-order valence-electron chi connectivity index (χ2n) is 20.2. The molecule has 3 unspecified atom stereocenters. The summed E-state index contributed by atoms with van der Waals surface area (Å²) in [5, 5.41) is 56.7. The fourth-order valence-corrected chi connectivity index (χ4v) is 13.5. The molecule has 0 radical (unpaired) electrons. The van der Waals surface area contributed by atoms with Crippen LogP contribution in [-0.2, 0) is 69.1 Å². The molecule has 486 valence electrons. The molecule has 8 aromatic rings. The van der Waals surface area contributed by atoms with Crippen LogP contribution in [0, 0.1) is 0 Å². The van der Waals surface area contributed by atoms with E-state index >= 15 is 0 Å². The number of imidazole rings is 4. The zero-order chi connectivity index (χ0) is 63.9. The molecule has 4 saturated heterocycles. The zero-order valence-corrected chi connectivity index (χ0v) is 48.8. The largest absolute Gasteiger partial charge is 0.472 e. The van der Waals surface area contributed by atoms with Crippen molar-refractivity contribution in [1.29, 1.82) is 0 Å². The maximum Gasteiger partial charge on any atom is 0.472 e. The number of phosphoric acid groups is 3. The van der Waals surface area contributed by atoms with E-state index in [0.29, 0.717) is 0 Å². The molecule has 0 bridgehead atoms. The van der Waals surface area contributed by atoms with E-state index in [-0.39, 0.29) is 67.9 Å². The molecule has 49 heteroatoms.